The van der Waals surface area contributed by atoms with E-state index in [0.717, 1.165) is 27.7 Å². The Hall–Kier alpha value is -3.02. The minimum atomic E-state index is -0.326. The van der Waals surface area contributed by atoms with Crippen LogP contribution < -0.4 is 10.6 Å². The molecule has 2 N–H and O–H groups in total. The van der Waals surface area contributed by atoms with E-state index in [9.17, 15) is 4.79 Å². The van der Waals surface area contributed by atoms with Crippen LogP contribution in [0.15, 0.2) is 60.7 Å². The summed E-state index contributed by atoms with van der Waals surface area (Å²) in [4.78, 5) is 12.7. The Morgan fingerprint density at radius 2 is 1.60 bits per heavy atom. The van der Waals surface area contributed by atoms with E-state index in [0.29, 0.717) is 28.0 Å². The van der Waals surface area contributed by atoms with E-state index in [1.54, 1.807) is 22.9 Å². The van der Waals surface area contributed by atoms with Crippen molar-refractivity contribution in [3.05, 3.63) is 87.7 Å². The first kappa shape index (κ1) is 20.3. The van der Waals surface area contributed by atoms with Gasteiger partial charge in [0.1, 0.15) is 0 Å². The predicted molar refractivity (Wildman–Crippen MR) is 124 cm³/mol. The zero-order valence-electron chi connectivity index (χ0n) is 16.5. The van der Waals surface area contributed by atoms with E-state index in [2.05, 4.69) is 15.7 Å². The molecule has 0 aliphatic carbocycles. The van der Waals surface area contributed by atoms with Crippen molar-refractivity contribution in [3.63, 3.8) is 0 Å². The van der Waals surface area contributed by atoms with Crippen LogP contribution in [0.5, 0.6) is 0 Å². The zero-order valence-corrected chi connectivity index (χ0v) is 18.1. The van der Waals surface area contributed by atoms with Crippen LogP contribution in [-0.2, 0) is 6.54 Å². The molecule has 0 aliphatic rings. The van der Waals surface area contributed by atoms with Crippen molar-refractivity contribution in [3.8, 4) is 0 Å². The van der Waals surface area contributed by atoms with Gasteiger partial charge in [-0.05, 0) is 37.4 Å². The Bertz CT molecular complexity index is 1220. The van der Waals surface area contributed by atoms with E-state index in [1.807, 2.05) is 56.3 Å². The highest BCUT2D eigenvalue weighted by atomic mass is 35.5. The normalized spacial score (nSPS) is 10.9. The van der Waals surface area contributed by atoms with Crippen molar-refractivity contribution in [1.29, 1.82) is 0 Å². The molecule has 0 aliphatic heterocycles. The fourth-order valence-corrected chi connectivity index (χ4v) is 3.98. The lowest BCUT2D eigenvalue weighted by Gasteiger charge is -2.11. The number of benzene rings is 3. The summed E-state index contributed by atoms with van der Waals surface area (Å²) >= 11 is 12.6. The topological polar surface area (TPSA) is 59.0 Å². The molecule has 0 unspecified atom stereocenters. The van der Waals surface area contributed by atoms with Gasteiger partial charge in [0.25, 0.3) is 0 Å². The first-order valence-electron chi connectivity index (χ1n) is 9.46. The van der Waals surface area contributed by atoms with Crippen LogP contribution in [0.3, 0.4) is 0 Å². The molecule has 2 amide bonds. The van der Waals surface area contributed by atoms with Crippen LogP contribution >= 0.6 is 23.2 Å². The average Bonchev–Trinajstić information content (AvgIpc) is 2.98. The van der Waals surface area contributed by atoms with Gasteiger partial charge in [-0.25, -0.2) is 4.79 Å². The Balaban J connectivity index is 1.56. The number of carbonyl (C=O) groups is 1. The summed E-state index contributed by atoms with van der Waals surface area (Å²) < 4.78 is 1.79. The largest absolute Gasteiger partial charge is 0.323 e. The molecule has 0 spiro atoms. The molecule has 1 heterocycles. The van der Waals surface area contributed by atoms with Gasteiger partial charge in [-0.3, -0.25) is 4.68 Å². The second kappa shape index (κ2) is 8.38. The molecule has 4 aromatic rings. The lowest BCUT2D eigenvalue weighted by Crippen LogP contribution is -2.20. The standard InChI is InChI=1S/C23H20Cl2N4O/c1-14-22(15(2)29(28-14)13-18-19(24)10-6-11-20(18)25)27-23(30)26-21-12-5-8-16-7-3-4-9-17(16)21/h3-12H,13H2,1-2H3,(H2,26,27,30). The number of hydrogen-bond donors (Lipinski definition) is 2. The van der Waals surface area contributed by atoms with Gasteiger partial charge in [-0.15, -0.1) is 0 Å². The fourth-order valence-electron chi connectivity index (χ4n) is 3.47. The van der Waals surface area contributed by atoms with E-state index in [-0.39, 0.29) is 6.03 Å². The van der Waals surface area contributed by atoms with Crippen LogP contribution in [0.1, 0.15) is 17.0 Å². The number of nitrogens with zero attached hydrogens (tertiary/aromatic N) is 2. The third kappa shape index (κ3) is 3.99. The number of carbonyl (C=O) groups excluding carboxylic acids is 1. The zero-order chi connectivity index (χ0) is 21.3. The highest BCUT2D eigenvalue weighted by Crippen LogP contribution is 2.28. The summed E-state index contributed by atoms with van der Waals surface area (Å²) in [5.74, 6) is 0. The maximum atomic E-state index is 12.7. The molecule has 0 saturated carbocycles. The van der Waals surface area contributed by atoms with E-state index in [4.69, 9.17) is 23.2 Å². The fraction of sp³-hybridized carbons (Fsp3) is 0.130. The highest BCUT2D eigenvalue weighted by molar-refractivity contribution is 6.36. The van der Waals surface area contributed by atoms with E-state index >= 15 is 0 Å². The number of anilines is 2. The third-order valence-electron chi connectivity index (χ3n) is 5.03. The molecule has 152 valence electrons. The third-order valence-corrected chi connectivity index (χ3v) is 5.74. The predicted octanol–water partition coefficient (Wildman–Crippen LogP) is 6.65. The second-order valence-corrected chi connectivity index (χ2v) is 7.82. The summed E-state index contributed by atoms with van der Waals surface area (Å²) in [7, 11) is 0. The Kier molecular flexibility index (Phi) is 5.66. The molecule has 0 bridgehead atoms. The highest BCUT2D eigenvalue weighted by Gasteiger charge is 2.16. The minimum Gasteiger partial charge on any atom is -0.307 e. The summed E-state index contributed by atoms with van der Waals surface area (Å²) in [5.41, 5.74) is 3.73. The Morgan fingerprint density at radius 3 is 2.37 bits per heavy atom. The summed E-state index contributed by atoms with van der Waals surface area (Å²) in [6.07, 6.45) is 0. The molecule has 0 fully saturated rings. The molecule has 30 heavy (non-hydrogen) atoms. The number of amides is 2. The molecular weight excluding hydrogens is 419 g/mol. The molecule has 7 heteroatoms. The summed E-state index contributed by atoms with van der Waals surface area (Å²) in [6, 6.07) is 18.8. The lowest BCUT2D eigenvalue weighted by molar-refractivity contribution is 0.262. The van der Waals surface area contributed by atoms with Gasteiger partial charge in [0.05, 0.1) is 29.3 Å². The molecular formula is C23H20Cl2N4O. The van der Waals surface area contributed by atoms with Crippen molar-refractivity contribution in [1.82, 2.24) is 9.78 Å². The molecule has 3 aromatic carbocycles. The SMILES string of the molecule is Cc1nn(Cc2c(Cl)cccc2Cl)c(C)c1NC(=O)Nc1cccc2ccccc12. The van der Waals surface area contributed by atoms with Crippen molar-refractivity contribution in [2.24, 2.45) is 0 Å². The summed E-state index contributed by atoms with van der Waals surface area (Å²) in [5, 5.41) is 13.6. The van der Waals surface area contributed by atoms with Gasteiger partial charge in [0, 0.05) is 21.0 Å². The maximum Gasteiger partial charge on any atom is 0.323 e. The van der Waals surface area contributed by atoms with Gasteiger partial charge in [-0.2, -0.15) is 5.10 Å². The molecule has 1 aromatic heterocycles. The molecule has 0 saturated heterocycles. The van der Waals surface area contributed by atoms with Crippen molar-refractivity contribution < 1.29 is 4.79 Å². The molecule has 0 atom stereocenters. The monoisotopic (exact) mass is 438 g/mol. The van der Waals surface area contributed by atoms with Gasteiger partial charge >= 0.3 is 6.03 Å². The van der Waals surface area contributed by atoms with Crippen LogP contribution in [0, 0.1) is 13.8 Å². The van der Waals surface area contributed by atoms with Gasteiger partial charge in [-0.1, -0.05) is 65.7 Å². The minimum absolute atomic E-state index is 0.326. The van der Waals surface area contributed by atoms with Crippen LogP contribution in [0.25, 0.3) is 10.8 Å². The van der Waals surface area contributed by atoms with E-state index < -0.39 is 0 Å². The quantitative estimate of drug-likeness (QED) is 0.374. The van der Waals surface area contributed by atoms with Crippen LogP contribution in [0.4, 0.5) is 16.2 Å². The first-order valence-corrected chi connectivity index (χ1v) is 10.2. The number of aryl methyl sites for hydroxylation is 1. The number of nitrogens with one attached hydrogen (secondary N) is 2. The van der Waals surface area contributed by atoms with Crippen LogP contribution in [-0.4, -0.2) is 15.8 Å². The number of urea groups is 1. The van der Waals surface area contributed by atoms with Crippen molar-refractivity contribution in [2.75, 3.05) is 10.6 Å². The Labute approximate surface area is 184 Å². The smallest absolute Gasteiger partial charge is 0.307 e. The number of halogens is 2. The van der Waals surface area contributed by atoms with Gasteiger partial charge in [0.2, 0.25) is 0 Å². The molecule has 5 nitrogen and oxygen atoms in total. The second-order valence-electron chi connectivity index (χ2n) is 7.01. The van der Waals surface area contributed by atoms with Crippen molar-refractivity contribution >= 4 is 51.4 Å². The Morgan fingerprint density at radius 1 is 0.933 bits per heavy atom. The lowest BCUT2D eigenvalue weighted by atomic mass is 10.1. The summed E-state index contributed by atoms with van der Waals surface area (Å²) in [6.45, 7) is 4.17. The number of hydrogen-bond acceptors (Lipinski definition) is 2. The van der Waals surface area contributed by atoms with Gasteiger partial charge in [0.15, 0.2) is 0 Å². The van der Waals surface area contributed by atoms with Crippen molar-refractivity contribution in [2.45, 2.75) is 20.4 Å². The van der Waals surface area contributed by atoms with E-state index in [1.165, 1.54) is 0 Å². The van der Waals surface area contributed by atoms with Crippen LogP contribution in [0.2, 0.25) is 10.0 Å². The molecule has 4 rings (SSSR count). The molecule has 0 radical (unpaired) electrons. The number of fused-ring (bicyclic) bond motifs is 1. The number of rotatable bonds is 4. The maximum absolute atomic E-state index is 12.7. The number of aromatic nitrogens is 2. The van der Waals surface area contributed by atoms with Gasteiger partial charge < -0.3 is 10.6 Å². The first-order chi connectivity index (χ1) is 14.4. The average molecular weight is 439 g/mol.